The molecule has 1 aliphatic rings. The summed E-state index contributed by atoms with van der Waals surface area (Å²) in [5.74, 6) is -0.572. The second-order valence-electron chi connectivity index (χ2n) is 5.81. The van der Waals surface area contributed by atoms with Crippen molar-refractivity contribution in [2.45, 2.75) is 25.2 Å². The van der Waals surface area contributed by atoms with Crippen LogP contribution in [0, 0.1) is 11.7 Å². The molecule has 0 spiro atoms. The Bertz CT molecular complexity index is 694. The molecule has 0 N–H and O–H groups in total. The summed E-state index contributed by atoms with van der Waals surface area (Å²) in [6.45, 7) is 5.16. The topological polar surface area (TPSA) is 57.7 Å². The summed E-state index contributed by atoms with van der Waals surface area (Å²) in [6.07, 6.45) is 0.580. The molecule has 0 unspecified atom stereocenters. The Kier molecular flexibility index (Phi) is 5.80. The van der Waals surface area contributed by atoms with Gasteiger partial charge in [-0.3, -0.25) is 4.79 Å². The number of rotatable bonds is 3. The molecule has 1 amide bonds. The first kappa shape index (κ1) is 18.4. The molecule has 0 aliphatic carbocycles. The van der Waals surface area contributed by atoms with E-state index >= 15 is 0 Å². The second kappa shape index (κ2) is 7.27. The average Bonchev–Trinajstić information content (AvgIpc) is 2.72. The number of nitrogens with zero attached hydrogens (tertiary/aromatic N) is 2. The summed E-state index contributed by atoms with van der Waals surface area (Å²) in [4.78, 5) is 13.8. The zero-order chi connectivity index (χ0) is 17.2. The zero-order valence-electron chi connectivity index (χ0n) is 13.1. The standard InChI is InChI=1S/C15H20BrFN2O3S/c1-11(2)15(20)18-6-3-7-19(9-8-18)23(21,22)14-5-4-12(17)10-13(14)16/h4-5,10-11H,3,6-9H2,1-2H3. The number of benzene rings is 1. The van der Waals surface area contributed by atoms with Crippen LogP contribution in [-0.4, -0.2) is 49.7 Å². The summed E-state index contributed by atoms with van der Waals surface area (Å²) in [5, 5.41) is 0. The molecule has 5 nitrogen and oxygen atoms in total. The van der Waals surface area contributed by atoms with Crippen LogP contribution in [0.3, 0.4) is 0 Å². The van der Waals surface area contributed by atoms with Gasteiger partial charge in [0.2, 0.25) is 15.9 Å². The molecule has 8 heteroatoms. The van der Waals surface area contributed by atoms with Gasteiger partial charge in [-0.2, -0.15) is 4.31 Å². The lowest BCUT2D eigenvalue weighted by molar-refractivity contribution is -0.134. The van der Waals surface area contributed by atoms with Gasteiger partial charge in [0.25, 0.3) is 0 Å². The van der Waals surface area contributed by atoms with Gasteiger partial charge in [-0.15, -0.1) is 0 Å². The first-order chi connectivity index (χ1) is 10.7. The highest BCUT2D eigenvalue weighted by Crippen LogP contribution is 2.26. The minimum atomic E-state index is -3.72. The molecular weight excluding hydrogens is 387 g/mol. The summed E-state index contributed by atoms with van der Waals surface area (Å²) >= 11 is 3.11. The minimum Gasteiger partial charge on any atom is -0.341 e. The van der Waals surface area contributed by atoms with Crippen molar-refractivity contribution >= 4 is 31.9 Å². The maximum absolute atomic E-state index is 13.2. The monoisotopic (exact) mass is 406 g/mol. The highest BCUT2D eigenvalue weighted by atomic mass is 79.9. The molecule has 0 radical (unpaired) electrons. The normalized spacial score (nSPS) is 17.3. The fraction of sp³-hybridized carbons (Fsp3) is 0.533. The van der Waals surface area contributed by atoms with Crippen molar-refractivity contribution in [2.24, 2.45) is 5.92 Å². The van der Waals surface area contributed by atoms with Gasteiger partial charge in [-0.1, -0.05) is 13.8 Å². The molecule has 1 aliphatic heterocycles. The summed E-state index contributed by atoms with van der Waals surface area (Å²) in [7, 11) is -3.72. The van der Waals surface area contributed by atoms with Gasteiger partial charge in [0.05, 0.1) is 4.90 Å². The molecule has 0 saturated carbocycles. The Labute approximate surface area is 144 Å². The average molecular weight is 407 g/mol. The van der Waals surface area contributed by atoms with Gasteiger partial charge < -0.3 is 4.90 Å². The molecule has 1 aromatic rings. The highest BCUT2D eigenvalue weighted by Gasteiger charge is 2.30. The quantitative estimate of drug-likeness (QED) is 0.774. The third-order valence-electron chi connectivity index (χ3n) is 3.77. The molecule has 0 aromatic heterocycles. The predicted octanol–water partition coefficient (Wildman–Crippen LogP) is 2.47. The Morgan fingerprint density at radius 1 is 1.22 bits per heavy atom. The lowest BCUT2D eigenvalue weighted by Crippen LogP contribution is -2.39. The van der Waals surface area contributed by atoms with Crippen LogP contribution in [0.25, 0.3) is 0 Å². The van der Waals surface area contributed by atoms with E-state index in [2.05, 4.69) is 15.9 Å². The van der Waals surface area contributed by atoms with E-state index in [1.165, 1.54) is 10.4 Å². The van der Waals surface area contributed by atoms with Crippen LogP contribution in [-0.2, 0) is 14.8 Å². The maximum atomic E-state index is 13.2. The van der Waals surface area contributed by atoms with Gasteiger partial charge >= 0.3 is 0 Å². The van der Waals surface area contributed by atoms with Crippen LogP contribution < -0.4 is 0 Å². The van der Waals surface area contributed by atoms with Crippen LogP contribution in [0.15, 0.2) is 27.6 Å². The fourth-order valence-electron chi connectivity index (χ4n) is 2.54. The van der Waals surface area contributed by atoms with Crippen molar-refractivity contribution in [2.75, 3.05) is 26.2 Å². The third kappa shape index (κ3) is 4.10. The molecule has 2 rings (SSSR count). The fourth-order valence-corrected chi connectivity index (χ4v) is 5.02. The van der Waals surface area contributed by atoms with E-state index in [-0.39, 0.29) is 27.7 Å². The molecule has 1 aromatic carbocycles. The summed E-state index contributed by atoms with van der Waals surface area (Å²) in [5.41, 5.74) is 0. The summed E-state index contributed by atoms with van der Waals surface area (Å²) in [6, 6.07) is 3.53. The third-order valence-corrected chi connectivity index (χ3v) is 6.65. The summed E-state index contributed by atoms with van der Waals surface area (Å²) < 4.78 is 40.2. The Balaban J connectivity index is 2.20. The molecule has 0 atom stereocenters. The van der Waals surface area contributed by atoms with E-state index < -0.39 is 15.8 Å². The number of amides is 1. The number of hydrogen-bond acceptors (Lipinski definition) is 3. The largest absolute Gasteiger partial charge is 0.341 e. The van der Waals surface area contributed by atoms with Crippen molar-refractivity contribution in [3.63, 3.8) is 0 Å². The molecule has 1 fully saturated rings. The zero-order valence-corrected chi connectivity index (χ0v) is 15.5. The van der Waals surface area contributed by atoms with Crippen molar-refractivity contribution in [3.05, 3.63) is 28.5 Å². The van der Waals surface area contributed by atoms with Crippen LogP contribution in [0.5, 0.6) is 0 Å². The van der Waals surface area contributed by atoms with E-state index in [1.807, 2.05) is 13.8 Å². The van der Waals surface area contributed by atoms with Crippen molar-refractivity contribution in [3.8, 4) is 0 Å². The van der Waals surface area contributed by atoms with E-state index in [1.54, 1.807) is 4.90 Å². The van der Waals surface area contributed by atoms with Crippen molar-refractivity contribution in [1.82, 2.24) is 9.21 Å². The first-order valence-electron chi connectivity index (χ1n) is 7.47. The molecular formula is C15H20BrFN2O3S. The number of sulfonamides is 1. The van der Waals surface area contributed by atoms with Crippen LogP contribution >= 0.6 is 15.9 Å². The molecule has 1 heterocycles. The van der Waals surface area contributed by atoms with E-state index in [0.717, 1.165) is 12.1 Å². The molecule has 0 bridgehead atoms. The number of hydrogen-bond donors (Lipinski definition) is 0. The smallest absolute Gasteiger partial charge is 0.244 e. The van der Waals surface area contributed by atoms with E-state index in [9.17, 15) is 17.6 Å². The maximum Gasteiger partial charge on any atom is 0.244 e. The Hall–Kier alpha value is -0.990. The van der Waals surface area contributed by atoms with Gasteiger partial charge in [0.15, 0.2) is 0 Å². The SMILES string of the molecule is CC(C)C(=O)N1CCCN(S(=O)(=O)c2ccc(F)cc2Br)CC1. The molecule has 1 saturated heterocycles. The van der Waals surface area contributed by atoms with Gasteiger partial charge in [0.1, 0.15) is 5.82 Å². The molecule has 23 heavy (non-hydrogen) atoms. The van der Waals surface area contributed by atoms with Crippen molar-refractivity contribution in [1.29, 1.82) is 0 Å². The van der Waals surface area contributed by atoms with Gasteiger partial charge in [-0.25, -0.2) is 12.8 Å². The highest BCUT2D eigenvalue weighted by molar-refractivity contribution is 9.10. The van der Waals surface area contributed by atoms with Crippen LogP contribution in [0.4, 0.5) is 4.39 Å². The van der Waals surface area contributed by atoms with E-state index in [4.69, 9.17) is 0 Å². The number of carbonyl (C=O) groups is 1. The van der Waals surface area contributed by atoms with Gasteiger partial charge in [-0.05, 0) is 40.5 Å². The van der Waals surface area contributed by atoms with Crippen molar-refractivity contribution < 1.29 is 17.6 Å². The van der Waals surface area contributed by atoms with Crippen LogP contribution in [0.2, 0.25) is 0 Å². The Morgan fingerprint density at radius 3 is 2.52 bits per heavy atom. The van der Waals surface area contributed by atoms with E-state index in [0.29, 0.717) is 26.1 Å². The first-order valence-corrected chi connectivity index (χ1v) is 9.71. The number of halogens is 2. The number of carbonyl (C=O) groups excluding carboxylic acids is 1. The Morgan fingerprint density at radius 2 is 1.91 bits per heavy atom. The minimum absolute atomic E-state index is 0.0345. The predicted molar refractivity (Wildman–Crippen MR) is 88.9 cm³/mol. The second-order valence-corrected chi connectivity index (χ2v) is 8.57. The lowest BCUT2D eigenvalue weighted by Gasteiger charge is -2.23. The van der Waals surface area contributed by atoms with Gasteiger partial charge in [0, 0.05) is 36.6 Å². The molecule has 128 valence electrons. The van der Waals surface area contributed by atoms with Crippen LogP contribution in [0.1, 0.15) is 20.3 Å². The lowest BCUT2D eigenvalue weighted by atomic mass is 10.2.